The molecule has 1 aromatic rings. The van der Waals surface area contributed by atoms with Gasteiger partial charge in [0.25, 0.3) is 0 Å². The Morgan fingerprint density at radius 1 is 1.67 bits per heavy atom. The third-order valence-electron chi connectivity index (χ3n) is 0.582. The van der Waals surface area contributed by atoms with Crippen LogP contribution < -0.4 is 0 Å². The topological polar surface area (TPSA) is 26.3 Å². The van der Waals surface area contributed by atoms with Crippen LogP contribution >= 0.6 is 28.3 Å². The van der Waals surface area contributed by atoms with E-state index in [1.165, 1.54) is 6.47 Å². The van der Waals surface area contributed by atoms with Crippen LogP contribution in [-0.2, 0) is 29.0 Å². The molecule has 0 aliphatic rings. The maximum Gasteiger partial charge on any atom is 2.00 e. The summed E-state index contributed by atoms with van der Waals surface area (Å²) >= 11 is 1.59. The van der Waals surface area contributed by atoms with Crippen molar-refractivity contribution in [2.75, 3.05) is 6.61 Å². The molecule has 5 heteroatoms. The molecule has 0 N–H and O–H groups in total. The molecule has 0 saturated heterocycles. The van der Waals surface area contributed by atoms with E-state index in [1.807, 2.05) is 17.5 Å². The monoisotopic (exact) mass is 300 g/mol. The van der Waals surface area contributed by atoms with Crippen LogP contribution in [0.4, 0.5) is 0 Å². The number of hydrogen-bond donors (Lipinski definition) is 0. The number of ether oxygens (including phenoxy) is 1. The van der Waals surface area contributed by atoms with Gasteiger partial charge < -0.3 is 20.9 Å². The van der Waals surface area contributed by atoms with E-state index in [2.05, 4.69) is 10.1 Å². The van der Waals surface area contributed by atoms with Crippen LogP contribution in [0.15, 0.2) is 17.5 Å². The van der Waals surface area contributed by atoms with Crippen LogP contribution in [0.2, 0.25) is 0 Å². The molecular weight excluding hydrogens is 293 g/mol. The van der Waals surface area contributed by atoms with Gasteiger partial charge in [-0.3, -0.25) is 0 Å². The van der Waals surface area contributed by atoms with Crippen LogP contribution in [0.5, 0.6) is 0 Å². The summed E-state index contributed by atoms with van der Waals surface area (Å²) in [5.41, 5.74) is 0. The van der Waals surface area contributed by atoms with Crippen molar-refractivity contribution in [3.8, 4) is 0 Å². The van der Waals surface area contributed by atoms with Crippen LogP contribution in [-0.4, -0.2) is 13.1 Å². The molecule has 0 amide bonds. The van der Waals surface area contributed by atoms with Crippen LogP contribution in [0.25, 0.3) is 0 Å². The minimum Gasteiger partial charge on any atom is -0.653 e. The first kappa shape index (κ1) is 18.1. The second kappa shape index (κ2) is 17.4. The standard InChI is InChI=1S/C4H3S.C3H5O2.BrH.Zn/c1-2-4-5-3-1;1-2-5-3-4;;/h1-3H;2H2,1H3;1H;/q2*-1;;+2. The van der Waals surface area contributed by atoms with E-state index >= 15 is 0 Å². The van der Waals surface area contributed by atoms with Crippen molar-refractivity contribution < 1.29 is 29.0 Å². The van der Waals surface area contributed by atoms with E-state index in [0.29, 0.717) is 6.61 Å². The Morgan fingerprint density at radius 2 is 2.33 bits per heavy atom. The smallest absolute Gasteiger partial charge is 0.653 e. The van der Waals surface area contributed by atoms with Gasteiger partial charge in [-0.1, -0.05) is 6.47 Å². The first-order chi connectivity index (χ1) is 4.91. The number of thiophene rings is 1. The predicted molar refractivity (Wildman–Crippen MR) is 50.8 cm³/mol. The fourth-order valence-electron chi connectivity index (χ4n) is 0.255. The maximum atomic E-state index is 9.06. The molecule has 12 heavy (non-hydrogen) atoms. The number of rotatable bonds is 2. The molecule has 1 aromatic heterocycles. The molecule has 0 aliphatic carbocycles. The largest absolute Gasteiger partial charge is 2.00 e. The summed E-state index contributed by atoms with van der Waals surface area (Å²) in [6.45, 7) is 3.41. The Kier molecular flexibility index (Phi) is 26.3. The summed E-state index contributed by atoms with van der Waals surface area (Å²) < 4.78 is 4.03. The van der Waals surface area contributed by atoms with Crippen molar-refractivity contribution in [2.24, 2.45) is 0 Å². The first-order valence-corrected chi connectivity index (χ1v) is 3.68. The first-order valence-electron chi connectivity index (χ1n) is 2.80. The molecule has 0 saturated carbocycles. The molecule has 0 radical (unpaired) electrons. The molecule has 0 aliphatic heterocycles. The molecule has 0 fully saturated rings. The molecular formula is C7H9BrO2SZn. The zero-order valence-corrected chi connectivity index (χ0v) is 12.3. The second-order valence-corrected chi connectivity index (χ2v) is 1.99. The third kappa shape index (κ3) is 16.7. The average Bonchev–Trinajstić information content (AvgIpc) is 2.44. The normalized spacial score (nSPS) is 6.08. The Bertz CT molecular complexity index is 130. The van der Waals surface area contributed by atoms with Crippen molar-refractivity contribution in [3.05, 3.63) is 22.9 Å². The molecule has 0 unspecified atom stereocenters. The fourth-order valence-corrected chi connectivity index (χ4v) is 0.648. The van der Waals surface area contributed by atoms with Gasteiger partial charge in [0.15, 0.2) is 0 Å². The van der Waals surface area contributed by atoms with Gasteiger partial charge in [-0.2, -0.15) is 11.4 Å². The van der Waals surface area contributed by atoms with Gasteiger partial charge in [-0.15, -0.1) is 22.4 Å². The quantitative estimate of drug-likeness (QED) is 0.618. The summed E-state index contributed by atoms with van der Waals surface area (Å²) in [6.07, 6.45) is 0. The van der Waals surface area contributed by atoms with Gasteiger partial charge >= 0.3 is 19.5 Å². The molecule has 0 aromatic carbocycles. The minimum atomic E-state index is 0. The van der Waals surface area contributed by atoms with Gasteiger partial charge in [0.1, 0.15) is 0 Å². The summed E-state index contributed by atoms with van der Waals surface area (Å²) in [7, 11) is 0. The Morgan fingerprint density at radius 3 is 2.42 bits per heavy atom. The van der Waals surface area contributed by atoms with E-state index in [4.69, 9.17) is 4.79 Å². The van der Waals surface area contributed by atoms with Crippen molar-refractivity contribution in [2.45, 2.75) is 6.92 Å². The molecule has 0 bridgehead atoms. The van der Waals surface area contributed by atoms with Crippen molar-refractivity contribution in [1.29, 1.82) is 0 Å². The van der Waals surface area contributed by atoms with Gasteiger partial charge in [0, 0.05) is 6.61 Å². The summed E-state index contributed by atoms with van der Waals surface area (Å²) in [4.78, 5) is 9.06. The van der Waals surface area contributed by atoms with Crippen LogP contribution in [0, 0.1) is 5.38 Å². The van der Waals surface area contributed by atoms with Crippen molar-refractivity contribution >= 4 is 34.8 Å². The second-order valence-electron chi connectivity index (χ2n) is 1.25. The Hall–Kier alpha value is 0.273. The van der Waals surface area contributed by atoms with E-state index < -0.39 is 0 Å². The SMILES string of the molecule is Br.CCO[C-]=O.[Zn+2].[c-]1cccs1. The van der Waals surface area contributed by atoms with E-state index in [1.54, 1.807) is 18.3 Å². The molecule has 0 spiro atoms. The van der Waals surface area contributed by atoms with Gasteiger partial charge in [-0.05, 0) is 6.92 Å². The maximum absolute atomic E-state index is 9.06. The summed E-state index contributed by atoms with van der Waals surface area (Å²) in [5.74, 6) is 0. The van der Waals surface area contributed by atoms with Crippen molar-refractivity contribution in [1.82, 2.24) is 0 Å². The Balaban J connectivity index is -0.000000116. The zero-order chi connectivity index (χ0) is 7.66. The number of carbonyl (C=O) groups excluding carboxylic acids is 1. The van der Waals surface area contributed by atoms with Crippen molar-refractivity contribution in [3.63, 3.8) is 0 Å². The molecule has 1 rings (SSSR count). The molecule has 64 valence electrons. The van der Waals surface area contributed by atoms with Crippen LogP contribution in [0.1, 0.15) is 6.92 Å². The van der Waals surface area contributed by atoms with E-state index in [-0.39, 0.29) is 36.5 Å². The summed E-state index contributed by atoms with van der Waals surface area (Å²) in [6, 6.07) is 3.86. The zero-order valence-electron chi connectivity index (χ0n) is 6.78. The van der Waals surface area contributed by atoms with Crippen LogP contribution in [0.3, 0.4) is 0 Å². The molecule has 1 heterocycles. The Labute approximate surface area is 99.8 Å². The molecule has 0 atom stereocenters. The number of hydrogen-bond acceptors (Lipinski definition) is 3. The predicted octanol–water partition coefficient (Wildman–Crippen LogP) is 2.21. The van der Waals surface area contributed by atoms with Gasteiger partial charge in [-0.25, -0.2) is 6.07 Å². The molecule has 2 nitrogen and oxygen atoms in total. The van der Waals surface area contributed by atoms with E-state index in [9.17, 15) is 0 Å². The van der Waals surface area contributed by atoms with Gasteiger partial charge in [0.05, 0.1) is 0 Å². The fraction of sp³-hybridized carbons (Fsp3) is 0.286. The van der Waals surface area contributed by atoms with Gasteiger partial charge in [0.2, 0.25) is 0 Å². The third-order valence-corrected chi connectivity index (χ3v) is 1.15. The van der Waals surface area contributed by atoms with E-state index in [0.717, 1.165) is 0 Å². The average molecular weight is 303 g/mol. The number of halogens is 1. The summed E-state index contributed by atoms with van der Waals surface area (Å²) in [5, 5.41) is 4.89. The minimum absolute atomic E-state index is 0.